The maximum atomic E-state index is 13.6. The standard InChI is InChI=1S/C27H29ClN2O2/c1-3-29-27(32)25(17-21-11-5-4-6-12-21)30(19-23-14-7-8-15-24(23)28)26(31)18-22-13-9-10-20(2)16-22/h4-16,25H,3,17-19H2,1-2H3,(H,29,32). The molecule has 1 unspecified atom stereocenters. The molecule has 32 heavy (non-hydrogen) atoms. The van der Waals surface area contributed by atoms with E-state index in [0.717, 1.165) is 22.3 Å². The molecule has 166 valence electrons. The largest absolute Gasteiger partial charge is 0.355 e. The van der Waals surface area contributed by atoms with Crippen molar-refractivity contribution in [2.75, 3.05) is 6.54 Å². The maximum Gasteiger partial charge on any atom is 0.243 e. The molecular weight excluding hydrogens is 420 g/mol. The van der Waals surface area contributed by atoms with Gasteiger partial charge in [0.2, 0.25) is 11.8 Å². The van der Waals surface area contributed by atoms with Crippen LogP contribution in [0.25, 0.3) is 0 Å². The van der Waals surface area contributed by atoms with E-state index in [0.29, 0.717) is 18.0 Å². The van der Waals surface area contributed by atoms with E-state index >= 15 is 0 Å². The van der Waals surface area contributed by atoms with Crippen LogP contribution >= 0.6 is 11.6 Å². The number of carbonyl (C=O) groups excluding carboxylic acids is 2. The summed E-state index contributed by atoms with van der Waals surface area (Å²) in [5, 5.41) is 3.49. The van der Waals surface area contributed by atoms with Crippen LogP contribution in [0.3, 0.4) is 0 Å². The van der Waals surface area contributed by atoms with Crippen molar-refractivity contribution in [2.24, 2.45) is 0 Å². The Balaban J connectivity index is 1.97. The summed E-state index contributed by atoms with van der Waals surface area (Å²) in [6.07, 6.45) is 0.646. The van der Waals surface area contributed by atoms with Crippen molar-refractivity contribution in [3.05, 3.63) is 106 Å². The third-order valence-electron chi connectivity index (χ3n) is 5.36. The van der Waals surface area contributed by atoms with Gasteiger partial charge in [-0.1, -0.05) is 90.0 Å². The molecule has 0 aliphatic carbocycles. The highest BCUT2D eigenvalue weighted by atomic mass is 35.5. The average molecular weight is 449 g/mol. The van der Waals surface area contributed by atoms with E-state index in [1.165, 1.54) is 0 Å². The number of hydrogen-bond acceptors (Lipinski definition) is 2. The average Bonchev–Trinajstić information content (AvgIpc) is 2.78. The van der Waals surface area contributed by atoms with E-state index < -0.39 is 6.04 Å². The van der Waals surface area contributed by atoms with Crippen molar-refractivity contribution in [1.82, 2.24) is 10.2 Å². The minimum absolute atomic E-state index is 0.109. The number of nitrogens with zero attached hydrogens (tertiary/aromatic N) is 1. The topological polar surface area (TPSA) is 49.4 Å². The summed E-state index contributed by atoms with van der Waals surface area (Å²) in [7, 11) is 0. The molecule has 0 aromatic heterocycles. The summed E-state index contributed by atoms with van der Waals surface area (Å²) in [4.78, 5) is 28.4. The molecule has 1 N–H and O–H groups in total. The van der Waals surface area contributed by atoms with Gasteiger partial charge in [0.25, 0.3) is 0 Å². The Bertz CT molecular complexity index is 1050. The molecule has 0 fully saturated rings. The van der Waals surface area contributed by atoms with Crippen LogP contribution in [0.2, 0.25) is 5.02 Å². The molecule has 0 saturated heterocycles. The molecule has 0 heterocycles. The summed E-state index contributed by atoms with van der Waals surface area (Å²) in [6.45, 7) is 4.64. The van der Waals surface area contributed by atoms with Crippen LogP contribution in [0, 0.1) is 6.92 Å². The lowest BCUT2D eigenvalue weighted by Gasteiger charge is -2.32. The zero-order chi connectivity index (χ0) is 22.9. The number of hydrogen-bond donors (Lipinski definition) is 1. The number of aryl methyl sites for hydroxylation is 1. The van der Waals surface area contributed by atoms with E-state index in [2.05, 4.69) is 5.32 Å². The molecule has 3 aromatic carbocycles. The van der Waals surface area contributed by atoms with Crippen LogP contribution in [-0.4, -0.2) is 29.3 Å². The first kappa shape index (κ1) is 23.6. The third kappa shape index (κ3) is 6.44. The van der Waals surface area contributed by atoms with Gasteiger partial charge in [-0.05, 0) is 36.6 Å². The Morgan fingerprint density at radius 3 is 2.31 bits per heavy atom. The molecule has 0 aliphatic heterocycles. The monoisotopic (exact) mass is 448 g/mol. The van der Waals surface area contributed by atoms with E-state index in [-0.39, 0.29) is 24.8 Å². The van der Waals surface area contributed by atoms with Gasteiger partial charge in [-0.2, -0.15) is 0 Å². The Kier molecular flexibility index (Phi) is 8.46. The quantitative estimate of drug-likeness (QED) is 0.502. The predicted octanol–water partition coefficient (Wildman–Crippen LogP) is 4.97. The molecule has 0 radical (unpaired) electrons. The Morgan fingerprint density at radius 1 is 0.938 bits per heavy atom. The minimum Gasteiger partial charge on any atom is -0.355 e. The lowest BCUT2D eigenvalue weighted by Crippen LogP contribution is -2.51. The number of nitrogens with one attached hydrogen (secondary N) is 1. The van der Waals surface area contributed by atoms with Gasteiger partial charge in [-0.3, -0.25) is 9.59 Å². The van der Waals surface area contributed by atoms with Gasteiger partial charge in [0.1, 0.15) is 6.04 Å². The first-order valence-electron chi connectivity index (χ1n) is 10.9. The molecule has 2 amide bonds. The van der Waals surface area contributed by atoms with Gasteiger partial charge in [0.15, 0.2) is 0 Å². The predicted molar refractivity (Wildman–Crippen MR) is 130 cm³/mol. The molecule has 0 aliphatic rings. The first-order chi connectivity index (χ1) is 15.5. The molecule has 4 nitrogen and oxygen atoms in total. The molecule has 5 heteroatoms. The van der Waals surface area contributed by atoms with Crippen molar-refractivity contribution < 1.29 is 9.59 Å². The summed E-state index contributed by atoms with van der Waals surface area (Å²) in [5.74, 6) is -0.274. The second-order valence-corrected chi connectivity index (χ2v) is 8.29. The van der Waals surface area contributed by atoms with Crippen molar-refractivity contribution in [2.45, 2.75) is 39.3 Å². The summed E-state index contributed by atoms with van der Waals surface area (Å²) in [6, 6.07) is 24.5. The SMILES string of the molecule is CCNC(=O)C(Cc1ccccc1)N(Cc1ccccc1Cl)C(=O)Cc1cccc(C)c1. The van der Waals surface area contributed by atoms with Gasteiger partial charge in [0, 0.05) is 24.5 Å². The zero-order valence-electron chi connectivity index (χ0n) is 18.6. The lowest BCUT2D eigenvalue weighted by molar-refractivity contribution is -0.140. The van der Waals surface area contributed by atoms with Crippen LogP contribution in [0.5, 0.6) is 0 Å². The molecule has 0 saturated carbocycles. The number of rotatable bonds is 9. The van der Waals surface area contributed by atoms with Gasteiger partial charge < -0.3 is 10.2 Å². The summed E-state index contributed by atoms with van der Waals surface area (Å²) in [5.41, 5.74) is 3.83. The normalized spacial score (nSPS) is 11.6. The second-order valence-electron chi connectivity index (χ2n) is 7.88. The van der Waals surface area contributed by atoms with Crippen LogP contribution in [0.4, 0.5) is 0 Å². The number of amides is 2. The van der Waals surface area contributed by atoms with Crippen LogP contribution in [-0.2, 0) is 29.0 Å². The van der Waals surface area contributed by atoms with E-state index in [1.54, 1.807) is 11.0 Å². The molecule has 3 rings (SSSR count). The number of carbonyl (C=O) groups is 2. The second kappa shape index (κ2) is 11.5. The van der Waals surface area contributed by atoms with Crippen LogP contribution in [0.1, 0.15) is 29.2 Å². The lowest BCUT2D eigenvalue weighted by atomic mass is 10.0. The molecule has 3 aromatic rings. The first-order valence-corrected chi connectivity index (χ1v) is 11.3. The minimum atomic E-state index is -0.647. The Labute approximate surface area is 195 Å². The summed E-state index contributed by atoms with van der Waals surface area (Å²) < 4.78 is 0. The van der Waals surface area contributed by atoms with Crippen molar-refractivity contribution in [3.63, 3.8) is 0 Å². The maximum absolute atomic E-state index is 13.6. The van der Waals surface area contributed by atoms with Crippen LogP contribution < -0.4 is 5.32 Å². The third-order valence-corrected chi connectivity index (χ3v) is 5.73. The van der Waals surface area contributed by atoms with Crippen molar-refractivity contribution in [1.29, 1.82) is 0 Å². The van der Waals surface area contributed by atoms with Gasteiger partial charge in [0.05, 0.1) is 6.42 Å². The Hall–Kier alpha value is -3.11. The molecule has 0 bridgehead atoms. The number of benzene rings is 3. The van der Waals surface area contributed by atoms with Gasteiger partial charge >= 0.3 is 0 Å². The van der Waals surface area contributed by atoms with Gasteiger partial charge in [-0.15, -0.1) is 0 Å². The van der Waals surface area contributed by atoms with E-state index in [4.69, 9.17) is 11.6 Å². The fourth-order valence-electron chi connectivity index (χ4n) is 3.75. The number of likely N-dealkylation sites (N-methyl/N-ethyl adjacent to an activating group) is 1. The van der Waals surface area contributed by atoms with Crippen molar-refractivity contribution >= 4 is 23.4 Å². The molecule has 1 atom stereocenters. The van der Waals surface area contributed by atoms with Gasteiger partial charge in [-0.25, -0.2) is 0 Å². The van der Waals surface area contributed by atoms with Crippen molar-refractivity contribution in [3.8, 4) is 0 Å². The summed E-state index contributed by atoms with van der Waals surface area (Å²) >= 11 is 6.42. The van der Waals surface area contributed by atoms with Crippen LogP contribution in [0.15, 0.2) is 78.9 Å². The van der Waals surface area contributed by atoms with E-state index in [1.807, 2.05) is 86.6 Å². The zero-order valence-corrected chi connectivity index (χ0v) is 19.3. The highest BCUT2D eigenvalue weighted by molar-refractivity contribution is 6.31. The highest BCUT2D eigenvalue weighted by Gasteiger charge is 2.30. The smallest absolute Gasteiger partial charge is 0.243 e. The van der Waals surface area contributed by atoms with E-state index in [9.17, 15) is 9.59 Å². The Morgan fingerprint density at radius 2 is 1.62 bits per heavy atom. The fraction of sp³-hybridized carbons (Fsp3) is 0.259. The molecule has 0 spiro atoms. The highest BCUT2D eigenvalue weighted by Crippen LogP contribution is 2.21. The molecular formula is C27H29ClN2O2. The fourth-order valence-corrected chi connectivity index (χ4v) is 3.95. The number of halogens is 1.